The number of hydrogen-bond donors (Lipinski definition) is 1. The van der Waals surface area contributed by atoms with Crippen molar-refractivity contribution < 1.29 is 28.6 Å². The van der Waals surface area contributed by atoms with Gasteiger partial charge in [-0.25, -0.2) is 4.68 Å². The summed E-state index contributed by atoms with van der Waals surface area (Å²) in [5.74, 6) is -0.330. The molecular weight excluding hydrogens is 490 g/mol. The van der Waals surface area contributed by atoms with Crippen LogP contribution in [0.1, 0.15) is 22.8 Å². The Hall–Kier alpha value is -4.93. The van der Waals surface area contributed by atoms with Gasteiger partial charge in [-0.05, 0) is 54.1 Å². The maximum Gasteiger partial charge on any atom is 0.308 e. The van der Waals surface area contributed by atoms with Gasteiger partial charge in [0.25, 0.3) is 5.91 Å². The molecule has 1 N–H and O–H groups in total. The van der Waals surface area contributed by atoms with E-state index in [-0.39, 0.29) is 42.2 Å². The Morgan fingerprint density at radius 2 is 1.63 bits per heavy atom. The first-order valence-electron chi connectivity index (χ1n) is 11.7. The monoisotopic (exact) mass is 517 g/mol. The van der Waals surface area contributed by atoms with Gasteiger partial charge in [0.2, 0.25) is 11.7 Å². The highest BCUT2D eigenvalue weighted by atomic mass is 16.6. The molecular formula is C27H27N5O6. The average Bonchev–Trinajstić information content (AvgIpc) is 3.34. The SMILES string of the molecule is CNC(=O)c1ccc(N(Cc2cc(OC)c(OC(C)=O)c(OC)c2)C(=O)Cn2nnc3ccccc32)cc1. The van der Waals surface area contributed by atoms with Crippen molar-refractivity contribution in [1.29, 1.82) is 0 Å². The van der Waals surface area contributed by atoms with Gasteiger partial charge in [0.05, 0.1) is 26.3 Å². The third kappa shape index (κ3) is 5.56. The van der Waals surface area contributed by atoms with Crippen LogP contribution in [0.2, 0.25) is 0 Å². The van der Waals surface area contributed by atoms with Crippen molar-refractivity contribution in [2.24, 2.45) is 0 Å². The first kappa shape index (κ1) is 26.1. The van der Waals surface area contributed by atoms with E-state index < -0.39 is 5.97 Å². The lowest BCUT2D eigenvalue weighted by atomic mass is 10.1. The zero-order valence-corrected chi connectivity index (χ0v) is 21.4. The molecule has 0 radical (unpaired) electrons. The van der Waals surface area contributed by atoms with E-state index in [2.05, 4.69) is 15.6 Å². The van der Waals surface area contributed by atoms with Gasteiger partial charge in [0.15, 0.2) is 11.5 Å². The summed E-state index contributed by atoms with van der Waals surface area (Å²) < 4.78 is 17.7. The minimum absolute atomic E-state index is 0.0719. The topological polar surface area (TPSA) is 125 Å². The molecule has 0 aliphatic carbocycles. The van der Waals surface area contributed by atoms with E-state index in [1.165, 1.54) is 25.8 Å². The second-order valence-electron chi connectivity index (χ2n) is 8.26. The Bertz CT molecular complexity index is 1460. The van der Waals surface area contributed by atoms with Crippen LogP contribution in [-0.2, 0) is 22.7 Å². The zero-order valence-electron chi connectivity index (χ0n) is 21.4. The number of nitrogens with zero attached hydrogens (tertiary/aromatic N) is 4. The van der Waals surface area contributed by atoms with Gasteiger partial charge in [-0.2, -0.15) is 0 Å². The molecule has 0 atom stereocenters. The Morgan fingerprint density at radius 3 is 2.24 bits per heavy atom. The van der Waals surface area contributed by atoms with Crippen molar-refractivity contribution in [2.75, 3.05) is 26.2 Å². The van der Waals surface area contributed by atoms with Gasteiger partial charge in [0.1, 0.15) is 12.1 Å². The molecule has 0 aliphatic heterocycles. The molecule has 0 bridgehead atoms. The number of esters is 1. The highest BCUT2D eigenvalue weighted by Crippen LogP contribution is 2.39. The smallest absolute Gasteiger partial charge is 0.308 e. The average molecular weight is 518 g/mol. The van der Waals surface area contributed by atoms with Crippen LogP contribution in [0.3, 0.4) is 0 Å². The summed E-state index contributed by atoms with van der Waals surface area (Å²) in [4.78, 5) is 38.9. The van der Waals surface area contributed by atoms with E-state index in [0.29, 0.717) is 22.3 Å². The highest BCUT2D eigenvalue weighted by Gasteiger charge is 2.22. The first-order chi connectivity index (χ1) is 18.3. The van der Waals surface area contributed by atoms with Crippen LogP contribution >= 0.6 is 0 Å². The molecule has 11 heteroatoms. The molecule has 0 unspecified atom stereocenters. The van der Waals surface area contributed by atoms with Crippen LogP contribution in [0.25, 0.3) is 11.0 Å². The third-order valence-electron chi connectivity index (χ3n) is 5.78. The lowest BCUT2D eigenvalue weighted by Gasteiger charge is -2.24. The number of fused-ring (bicyclic) bond motifs is 1. The van der Waals surface area contributed by atoms with Crippen molar-refractivity contribution >= 4 is 34.5 Å². The summed E-state index contributed by atoms with van der Waals surface area (Å²) >= 11 is 0. The maximum absolute atomic E-state index is 13.7. The number of benzene rings is 3. The predicted molar refractivity (Wildman–Crippen MR) is 139 cm³/mol. The second kappa shape index (κ2) is 11.4. The normalized spacial score (nSPS) is 10.6. The number of nitrogens with one attached hydrogen (secondary N) is 1. The summed E-state index contributed by atoms with van der Waals surface area (Å²) in [5.41, 5.74) is 3.08. The Morgan fingerprint density at radius 1 is 0.974 bits per heavy atom. The number of para-hydroxylation sites is 1. The Labute approximate surface area is 218 Å². The zero-order chi connectivity index (χ0) is 27.2. The molecule has 3 aromatic carbocycles. The quantitative estimate of drug-likeness (QED) is 0.265. The van der Waals surface area contributed by atoms with E-state index >= 15 is 0 Å². The second-order valence-corrected chi connectivity index (χ2v) is 8.26. The van der Waals surface area contributed by atoms with Gasteiger partial charge in [-0.1, -0.05) is 17.3 Å². The van der Waals surface area contributed by atoms with E-state index in [1.807, 2.05) is 24.3 Å². The number of carbonyl (C=O) groups is 3. The lowest BCUT2D eigenvalue weighted by Crippen LogP contribution is -2.34. The van der Waals surface area contributed by atoms with Crippen LogP contribution < -0.4 is 24.4 Å². The summed E-state index contributed by atoms with van der Waals surface area (Å²) in [6.07, 6.45) is 0. The molecule has 0 fully saturated rings. The molecule has 38 heavy (non-hydrogen) atoms. The third-order valence-corrected chi connectivity index (χ3v) is 5.78. The Balaban J connectivity index is 1.72. The Kier molecular flexibility index (Phi) is 7.86. The number of carbonyl (C=O) groups excluding carboxylic acids is 3. The van der Waals surface area contributed by atoms with E-state index in [1.54, 1.807) is 48.3 Å². The van der Waals surface area contributed by atoms with Gasteiger partial charge in [-0.3, -0.25) is 14.4 Å². The molecule has 2 amide bonds. The van der Waals surface area contributed by atoms with Crippen LogP contribution in [0.15, 0.2) is 60.7 Å². The summed E-state index contributed by atoms with van der Waals surface area (Å²) in [7, 11) is 4.44. The van der Waals surface area contributed by atoms with Crippen LogP contribution in [0, 0.1) is 0 Å². The molecule has 4 rings (SSSR count). The fourth-order valence-electron chi connectivity index (χ4n) is 3.96. The molecule has 1 heterocycles. The number of rotatable bonds is 9. The van der Waals surface area contributed by atoms with Crippen LogP contribution in [-0.4, -0.2) is 54.0 Å². The number of aromatic nitrogens is 3. The molecule has 11 nitrogen and oxygen atoms in total. The predicted octanol–water partition coefficient (Wildman–Crippen LogP) is 2.97. The van der Waals surface area contributed by atoms with Gasteiger partial charge >= 0.3 is 5.97 Å². The van der Waals surface area contributed by atoms with Crippen molar-refractivity contribution in [3.63, 3.8) is 0 Å². The van der Waals surface area contributed by atoms with Gasteiger partial charge < -0.3 is 24.4 Å². The number of amides is 2. The summed E-state index contributed by atoms with van der Waals surface area (Å²) in [6.45, 7) is 1.33. The molecule has 4 aromatic rings. The molecule has 0 saturated heterocycles. The summed E-state index contributed by atoms with van der Waals surface area (Å²) in [5, 5.41) is 10.9. The minimum Gasteiger partial charge on any atom is -0.493 e. The molecule has 0 spiro atoms. The lowest BCUT2D eigenvalue weighted by molar-refractivity contribution is -0.132. The molecule has 1 aromatic heterocycles. The fourth-order valence-corrected chi connectivity index (χ4v) is 3.96. The van der Waals surface area contributed by atoms with Crippen molar-refractivity contribution in [3.8, 4) is 17.2 Å². The van der Waals surface area contributed by atoms with E-state index in [4.69, 9.17) is 14.2 Å². The summed E-state index contributed by atoms with van der Waals surface area (Å²) in [6, 6.07) is 17.4. The molecule has 0 aliphatic rings. The van der Waals surface area contributed by atoms with Crippen molar-refractivity contribution in [1.82, 2.24) is 20.3 Å². The van der Waals surface area contributed by atoms with E-state index in [0.717, 1.165) is 5.52 Å². The number of methoxy groups -OCH3 is 2. The van der Waals surface area contributed by atoms with Crippen molar-refractivity contribution in [3.05, 3.63) is 71.8 Å². The molecule has 196 valence electrons. The van der Waals surface area contributed by atoms with Crippen LogP contribution in [0.5, 0.6) is 17.2 Å². The molecule has 0 saturated carbocycles. The standard InChI is InChI=1S/C27H27N5O6/c1-17(33)38-26-23(36-3)13-18(14-24(26)37-4)15-31(20-11-9-19(10-12-20)27(35)28-2)25(34)16-32-22-8-6-5-7-21(22)29-30-32/h5-14H,15-16H2,1-4H3,(H,28,35). The largest absolute Gasteiger partial charge is 0.493 e. The number of ether oxygens (including phenoxy) is 3. The van der Waals surface area contributed by atoms with Gasteiger partial charge in [-0.15, -0.1) is 5.10 Å². The fraction of sp³-hybridized carbons (Fsp3) is 0.222. The maximum atomic E-state index is 13.7. The number of anilines is 1. The van der Waals surface area contributed by atoms with Gasteiger partial charge in [0, 0.05) is 25.2 Å². The highest BCUT2D eigenvalue weighted by molar-refractivity contribution is 5.96. The van der Waals surface area contributed by atoms with E-state index in [9.17, 15) is 14.4 Å². The number of hydrogen-bond acceptors (Lipinski definition) is 8. The van der Waals surface area contributed by atoms with Crippen molar-refractivity contribution in [2.45, 2.75) is 20.0 Å². The van der Waals surface area contributed by atoms with Crippen LogP contribution in [0.4, 0.5) is 5.69 Å². The minimum atomic E-state index is -0.526. The first-order valence-corrected chi connectivity index (χ1v) is 11.7.